The number of hydrogen-bond donors (Lipinski definition) is 1. The molecule has 1 rings (SSSR count). The van der Waals surface area contributed by atoms with E-state index in [1.54, 1.807) is 0 Å². The van der Waals surface area contributed by atoms with Crippen LogP contribution in [0.15, 0.2) is 0 Å². The third kappa shape index (κ3) is 2.61. The van der Waals surface area contributed by atoms with Crippen molar-refractivity contribution in [3.63, 3.8) is 0 Å². The molecule has 0 amide bonds. The summed E-state index contributed by atoms with van der Waals surface area (Å²) >= 11 is 5.66. The van der Waals surface area contributed by atoms with Gasteiger partial charge in [-0.15, -0.1) is 0 Å². The number of rotatable bonds is 3. The van der Waals surface area contributed by atoms with Crippen molar-refractivity contribution in [1.29, 1.82) is 0 Å². The van der Waals surface area contributed by atoms with Crippen LogP contribution in [0.2, 0.25) is 5.15 Å². The van der Waals surface area contributed by atoms with Gasteiger partial charge >= 0.3 is 6.18 Å². The molecule has 0 aliphatic carbocycles. The summed E-state index contributed by atoms with van der Waals surface area (Å²) in [5, 5.41) is 3.24. The summed E-state index contributed by atoms with van der Waals surface area (Å²) in [6.45, 7) is -0.0471. The van der Waals surface area contributed by atoms with Gasteiger partial charge in [0.15, 0.2) is 5.69 Å². The summed E-state index contributed by atoms with van der Waals surface area (Å²) in [5.41, 5.74) is -1.09. The van der Waals surface area contributed by atoms with Gasteiger partial charge in [-0.1, -0.05) is 11.6 Å². The average Bonchev–Trinajstić information content (AvgIpc) is 2.40. The van der Waals surface area contributed by atoms with Crippen molar-refractivity contribution in [2.45, 2.75) is 12.6 Å². The molecule has 0 bridgehead atoms. The molecule has 4 nitrogen and oxygen atoms in total. The van der Waals surface area contributed by atoms with Crippen molar-refractivity contribution in [1.82, 2.24) is 9.78 Å². The summed E-state index contributed by atoms with van der Waals surface area (Å²) in [5.74, 6) is 4.74. The van der Waals surface area contributed by atoms with Crippen LogP contribution in [0.3, 0.4) is 0 Å². The molecule has 0 unspecified atom stereocenters. The van der Waals surface area contributed by atoms with Gasteiger partial charge < -0.3 is 4.84 Å². The fourth-order valence-corrected chi connectivity index (χ4v) is 1.38. The van der Waals surface area contributed by atoms with E-state index in [1.165, 1.54) is 7.05 Å². The van der Waals surface area contributed by atoms with Crippen molar-refractivity contribution >= 4 is 11.6 Å². The first-order valence-electron chi connectivity index (χ1n) is 3.98. The number of nitrogens with zero attached hydrogens (tertiary/aromatic N) is 2. The molecule has 0 spiro atoms. The predicted octanol–water partition coefficient (Wildman–Crippen LogP) is 1.53. The van der Waals surface area contributed by atoms with E-state index < -0.39 is 11.9 Å². The van der Waals surface area contributed by atoms with Crippen molar-refractivity contribution in [3.05, 3.63) is 16.4 Å². The Labute approximate surface area is 88.7 Å². The minimum atomic E-state index is -4.52. The van der Waals surface area contributed by atoms with Gasteiger partial charge in [-0.25, -0.2) is 5.90 Å². The molecule has 0 saturated heterocycles. The van der Waals surface area contributed by atoms with Crippen LogP contribution in [0.5, 0.6) is 0 Å². The minimum Gasteiger partial charge on any atom is -0.304 e. The maximum atomic E-state index is 12.5. The number of aromatic nitrogens is 2. The van der Waals surface area contributed by atoms with Crippen LogP contribution in [0.4, 0.5) is 13.2 Å². The molecule has 8 heteroatoms. The van der Waals surface area contributed by atoms with E-state index in [-0.39, 0.29) is 23.7 Å². The first-order chi connectivity index (χ1) is 6.88. The highest BCUT2D eigenvalue weighted by atomic mass is 35.5. The number of hydrogen-bond acceptors (Lipinski definition) is 3. The highest BCUT2D eigenvalue weighted by Crippen LogP contribution is 2.34. The van der Waals surface area contributed by atoms with Crippen LogP contribution in [0.1, 0.15) is 11.3 Å². The van der Waals surface area contributed by atoms with Crippen LogP contribution in [-0.2, 0) is 24.5 Å². The maximum Gasteiger partial charge on any atom is 0.435 e. The zero-order valence-electron chi connectivity index (χ0n) is 7.81. The van der Waals surface area contributed by atoms with Gasteiger partial charge in [-0.3, -0.25) is 4.68 Å². The fourth-order valence-electron chi connectivity index (χ4n) is 1.16. The van der Waals surface area contributed by atoms with Gasteiger partial charge in [0.05, 0.1) is 6.61 Å². The molecule has 1 aromatic rings. The number of halogens is 4. The van der Waals surface area contributed by atoms with Gasteiger partial charge in [-0.2, -0.15) is 18.3 Å². The summed E-state index contributed by atoms with van der Waals surface area (Å²) in [4.78, 5) is 4.21. The van der Waals surface area contributed by atoms with E-state index >= 15 is 0 Å². The normalized spacial score (nSPS) is 12.1. The quantitative estimate of drug-likeness (QED) is 0.819. The summed E-state index contributed by atoms with van der Waals surface area (Å²) < 4.78 is 38.4. The SMILES string of the molecule is Cn1nc(C(F)(F)F)c(CCON)c1Cl. The van der Waals surface area contributed by atoms with E-state index in [2.05, 4.69) is 9.94 Å². The molecule has 86 valence electrons. The molecular weight excluding hydrogens is 235 g/mol. The molecule has 0 aliphatic rings. The Morgan fingerprint density at radius 1 is 1.53 bits per heavy atom. The van der Waals surface area contributed by atoms with E-state index in [9.17, 15) is 13.2 Å². The monoisotopic (exact) mass is 243 g/mol. The molecule has 1 heterocycles. The van der Waals surface area contributed by atoms with Gasteiger partial charge in [0.2, 0.25) is 0 Å². The second kappa shape index (κ2) is 4.38. The Hall–Kier alpha value is -0.790. The van der Waals surface area contributed by atoms with Crippen molar-refractivity contribution in [2.75, 3.05) is 6.61 Å². The highest BCUT2D eigenvalue weighted by molar-refractivity contribution is 6.30. The van der Waals surface area contributed by atoms with Gasteiger partial charge in [0.1, 0.15) is 5.15 Å². The molecule has 1 aromatic heterocycles. The van der Waals surface area contributed by atoms with Crippen LogP contribution >= 0.6 is 11.6 Å². The number of alkyl halides is 3. The first kappa shape index (κ1) is 12.3. The smallest absolute Gasteiger partial charge is 0.304 e. The predicted molar refractivity (Wildman–Crippen MR) is 47.1 cm³/mol. The zero-order valence-corrected chi connectivity index (χ0v) is 8.56. The van der Waals surface area contributed by atoms with Crippen molar-refractivity contribution in [2.24, 2.45) is 12.9 Å². The van der Waals surface area contributed by atoms with E-state index in [0.29, 0.717) is 0 Å². The zero-order chi connectivity index (χ0) is 11.6. The minimum absolute atomic E-state index is 0.0297. The van der Waals surface area contributed by atoms with Crippen molar-refractivity contribution in [3.8, 4) is 0 Å². The molecule has 2 N–H and O–H groups in total. The lowest BCUT2D eigenvalue weighted by Crippen LogP contribution is -2.11. The van der Waals surface area contributed by atoms with E-state index in [0.717, 1.165) is 4.68 Å². The lowest BCUT2D eigenvalue weighted by atomic mass is 10.2. The van der Waals surface area contributed by atoms with Gasteiger partial charge in [0.25, 0.3) is 0 Å². The Bertz CT molecular complexity index is 350. The van der Waals surface area contributed by atoms with Crippen LogP contribution < -0.4 is 5.90 Å². The Morgan fingerprint density at radius 3 is 2.60 bits per heavy atom. The lowest BCUT2D eigenvalue weighted by molar-refractivity contribution is -0.142. The molecule has 0 radical (unpaired) electrons. The van der Waals surface area contributed by atoms with Crippen LogP contribution in [0.25, 0.3) is 0 Å². The topological polar surface area (TPSA) is 53.1 Å². The third-order valence-corrected chi connectivity index (χ3v) is 2.28. The first-order valence-corrected chi connectivity index (χ1v) is 4.36. The standard InChI is InChI=1S/C7H9ClF3N3O/c1-14-6(8)4(2-3-15-12)5(13-14)7(9,10)11/h2-3,12H2,1H3. The van der Waals surface area contributed by atoms with Crippen molar-refractivity contribution < 1.29 is 18.0 Å². The molecule has 0 atom stereocenters. The Morgan fingerprint density at radius 2 is 2.13 bits per heavy atom. The number of nitrogens with two attached hydrogens (primary N) is 1. The summed E-state index contributed by atoms with van der Waals surface area (Å²) in [6.07, 6.45) is -4.55. The molecule has 0 saturated carbocycles. The van der Waals surface area contributed by atoms with E-state index in [4.69, 9.17) is 17.5 Å². The fraction of sp³-hybridized carbons (Fsp3) is 0.571. The summed E-state index contributed by atoms with van der Waals surface area (Å²) in [6, 6.07) is 0. The molecule has 0 aliphatic heterocycles. The summed E-state index contributed by atoms with van der Waals surface area (Å²) in [7, 11) is 1.34. The lowest BCUT2D eigenvalue weighted by Gasteiger charge is -2.05. The Kier molecular flexibility index (Phi) is 3.58. The maximum absolute atomic E-state index is 12.5. The highest BCUT2D eigenvalue weighted by Gasteiger charge is 2.38. The largest absolute Gasteiger partial charge is 0.435 e. The number of aryl methyl sites for hydroxylation is 1. The van der Waals surface area contributed by atoms with Crippen LogP contribution in [-0.4, -0.2) is 16.4 Å². The molecular formula is C7H9ClF3N3O. The molecule has 0 fully saturated rings. The molecule has 0 aromatic carbocycles. The second-order valence-corrected chi connectivity index (χ2v) is 3.22. The Balaban J connectivity index is 3.10. The third-order valence-electron chi connectivity index (χ3n) is 1.81. The average molecular weight is 244 g/mol. The van der Waals surface area contributed by atoms with Gasteiger partial charge in [-0.05, 0) is 0 Å². The van der Waals surface area contributed by atoms with Crippen LogP contribution in [0, 0.1) is 0 Å². The molecule has 15 heavy (non-hydrogen) atoms. The van der Waals surface area contributed by atoms with Gasteiger partial charge in [0, 0.05) is 19.0 Å². The van der Waals surface area contributed by atoms with E-state index in [1.807, 2.05) is 0 Å². The second-order valence-electron chi connectivity index (χ2n) is 2.86.